The predicted molar refractivity (Wildman–Crippen MR) is 140 cm³/mol. The third-order valence-electron chi connectivity index (χ3n) is 13.4. The van der Waals surface area contributed by atoms with Crippen LogP contribution in [0.2, 0.25) is 0 Å². The summed E-state index contributed by atoms with van der Waals surface area (Å²) in [5, 5.41) is 0. The van der Waals surface area contributed by atoms with Crippen LogP contribution in [0.4, 0.5) is 0 Å². The Morgan fingerprint density at radius 2 is 1.62 bits per heavy atom. The van der Waals surface area contributed by atoms with Gasteiger partial charge in [-0.1, -0.05) is 67.0 Å². The lowest BCUT2D eigenvalue weighted by atomic mass is 9.34. The molecular formula is C32H52O2. The van der Waals surface area contributed by atoms with Crippen LogP contribution in [-0.4, -0.2) is 12.1 Å². The van der Waals surface area contributed by atoms with Gasteiger partial charge in [0.05, 0.1) is 0 Å². The molecule has 0 radical (unpaired) electrons. The molecule has 0 unspecified atom stereocenters. The van der Waals surface area contributed by atoms with Crippen molar-refractivity contribution in [1.82, 2.24) is 0 Å². The molecule has 192 valence electrons. The molecule has 4 fully saturated rings. The highest BCUT2D eigenvalue weighted by atomic mass is 16.5. The molecule has 0 aromatic heterocycles. The number of rotatable bonds is 2. The average Bonchev–Trinajstić information content (AvgIpc) is 3.08. The molecule has 9 atom stereocenters. The van der Waals surface area contributed by atoms with E-state index in [2.05, 4.69) is 61.5 Å². The Hall–Kier alpha value is -0.790. The van der Waals surface area contributed by atoms with Gasteiger partial charge < -0.3 is 4.74 Å². The van der Waals surface area contributed by atoms with E-state index in [0.717, 1.165) is 30.1 Å². The molecule has 0 amide bonds. The number of allylic oxidation sites excluding steroid dienone is 2. The summed E-state index contributed by atoms with van der Waals surface area (Å²) in [7, 11) is 0. The predicted octanol–water partition coefficient (Wildman–Crippen LogP) is 8.60. The number of carbonyl (C=O) groups excluding carboxylic acids is 1. The molecule has 0 spiro atoms. The summed E-state index contributed by atoms with van der Waals surface area (Å²) in [5.41, 5.74) is 3.48. The minimum atomic E-state index is -0.110. The fourth-order valence-corrected chi connectivity index (χ4v) is 11.3. The molecule has 2 nitrogen and oxygen atoms in total. The van der Waals surface area contributed by atoms with Gasteiger partial charge in [0.25, 0.3) is 0 Å². The van der Waals surface area contributed by atoms with E-state index in [9.17, 15) is 4.79 Å². The molecule has 4 saturated carbocycles. The van der Waals surface area contributed by atoms with Gasteiger partial charge in [-0.3, -0.25) is 4.79 Å². The number of hydrogen-bond acceptors (Lipinski definition) is 2. The van der Waals surface area contributed by atoms with E-state index in [4.69, 9.17) is 4.74 Å². The van der Waals surface area contributed by atoms with Gasteiger partial charge in [-0.15, -0.1) is 0 Å². The number of carbonyl (C=O) groups is 1. The zero-order chi connectivity index (χ0) is 24.9. The second kappa shape index (κ2) is 7.61. The van der Waals surface area contributed by atoms with Gasteiger partial charge >= 0.3 is 5.97 Å². The Kier molecular flexibility index (Phi) is 5.57. The van der Waals surface area contributed by atoms with Crippen LogP contribution in [0.3, 0.4) is 0 Å². The first-order chi connectivity index (χ1) is 15.7. The van der Waals surface area contributed by atoms with Crippen molar-refractivity contribution in [2.45, 2.75) is 126 Å². The molecule has 0 bridgehead atoms. The summed E-state index contributed by atoms with van der Waals surface area (Å²) in [5.74, 6) is 3.69. The van der Waals surface area contributed by atoms with Crippen LogP contribution in [0.25, 0.3) is 0 Å². The number of esters is 1. The molecule has 5 aliphatic rings. The minimum absolute atomic E-state index is 0.0459. The van der Waals surface area contributed by atoms with Crippen LogP contribution in [0.15, 0.2) is 11.6 Å². The Morgan fingerprint density at radius 1 is 0.912 bits per heavy atom. The lowest BCUT2D eigenvalue weighted by molar-refractivity contribution is -0.210. The Morgan fingerprint density at radius 3 is 2.26 bits per heavy atom. The van der Waals surface area contributed by atoms with Crippen molar-refractivity contribution in [3.8, 4) is 0 Å². The van der Waals surface area contributed by atoms with Gasteiger partial charge in [-0.05, 0) is 109 Å². The lowest BCUT2D eigenvalue weighted by Crippen LogP contribution is -2.64. The summed E-state index contributed by atoms with van der Waals surface area (Å²) in [6, 6.07) is 0. The fraction of sp³-hybridized carbons (Fsp3) is 0.906. The van der Waals surface area contributed by atoms with Crippen LogP contribution in [0.5, 0.6) is 0 Å². The number of hydrogen-bond donors (Lipinski definition) is 0. The third kappa shape index (κ3) is 3.08. The molecule has 0 aromatic carbocycles. The maximum atomic E-state index is 11.9. The highest BCUT2D eigenvalue weighted by Gasteiger charge is 2.68. The lowest BCUT2D eigenvalue weighted by Gasteiger charge is -2.70. The standard InChI is InChI=1S/C32H52O2/c1-20(2)22-12-15-29(6)18-19-31(8)23(27(22)29)10-11-25-30(7)16-14-26(34-21(3)33)28(4,5)24(30)13-17-32(25,31)9/h10,20,22,24-27H,11-19H2,1-9H3/t22-,24-,25-,26+,27+,29+,30-,31+,32+/m0/s1. The molecular weight excluding hydrogens is 416 g/mol. The van der Waals surface area contributed by atoms with Gasteiger partial charge in [0.15, 0.2) is 0 Å². The first-order valence-electron chi connectivity index (χ1n) is 14.6. The third-order valence-corrected chi connectivity index (χ3v) is 13.4. The van der Waals surface area contributed by atoms with Gasteiger partial charge in [-0.25, -0.2) is 0 Å². The van der Waals surface area contributed by atoms with Crippen molar-refractivity contribution >= 4 is 5.97 Å². The molecule has 0 aliphatic heterocycles. The van der Waals surface area contributed by atoms with Crippen molar-refractivity contribution in [1.29, 1.82) is 0 Å². The largest absolute Gasteiger partial charge is 0.462 e. The molecule has 5 aliphatic carbocycles. The molecule has 0 heterocycles. The first kappa shape index (κ1) is 24.9. The molecule has 2 heteroatoms. The van der Waals surface area contributed by atoms with E-state index in [1.54, 1.807) is 6.92 Å². The first-order valence-corrected chi connectivity index (χ1v) is 14.6. The van der Waals surface area contributed by atoms with E-state index in [0.29, 0.717) is 27.6 Å². The van der Waals surface area contributed by atoms with Gasteiger partial charge in [-0.2, -0.15) is 0 Å². The maximum Gasteiger partial charge on any atom is 0.302 e. The SMILES string of the molecule is CC(=O)O[C@@H]1CC[C@@]2(C)[C@@H](CC[C@]3(C)[C@H]2CC=C2[C@H]4[C@H](C(C)C)CC[C@]4(C)CC[C@]23C)C1(C)C. The van der Waals surface area contributed by atoms with Crippen LogP contribution in [0, 0.1) is 56.7 Å². The number of ether oxygens (including phenoxy) is 1. The fourth-order valence-electron chi connectivity index (χ4n) is 11.3. The summed E-state index contributed by atoms with van der Waals surface area (Å²) in [6.07, 6.45) is 14.6. The summed E-state index contributed by atoms with van der Waals surface area (Å²) in [6.45, 7) is 22.0. The Balaban J connectivity index is 1.54. The molecule has 0 aromatic rings. The molecule has 34 heavy (non-hydrogen) atoms. The van der Waals surface area contributed by atoms with Gasteiger partial charge in [0.1, 0.15) is 6.10 Å². The Labute approximate surface area is 210 Å². The quantitative estimate of drug-likeness (QED) is 0.299. The molecule has 5 rings (SSSR count). The highest BCUT2D eigenvalue weighted by molar-refractivity contribution is 5.66. The van der Waals surface area contributed by atoms with E-state index in [1.807, 2.05) is 5.57 Å². The maximum absolute atomic E-state index is 11.9. The topological polar surface area (TPSA) is 26.3 Å². The second-order valence-corrected chi connectivity index (χ2v) is 15.3. The zero-order valence-electron chi connectivity index (χ0n) is 23.7. The van der Waals surface area contributed by atoms with E-state index < -0.39 is 0 Å². The van der Waals surface area contributed by atoms with Crippen molar-refractivity contribution in [3.05, 3.63) is 11.6 Å². The van der Waals surface area contributed by atoms with E-state index in [1.165, 1.54) is 51.4 Å². The average molecular weight is 469 g/mol. The van der Waals surface area contributed by atoms with Crippen molar-refractivity contribution < 1.29 is 9.53 Å². The summed E-state index contributed by atoms with van der Waals surface area (Å²) < 4.78 is 5.91. The normalized spacial score (nSPS) is 51.6. The number of fused-ring (bicyclic) bond motifs is 7. The van der Waals surface area contributed by atoms with Gasteiger partial charge in [0, 0.05) is 12.3 Å². The highest BCUT2D eigenvalue weighted by Crippen LogP contribution is 2.76. The second-order valence-electron chi connectivity index (χ2n) is 15.3. The van der Waals surface area contributed by atoms with Crippen LogP contribution in [0.1, 0.15) is 120 Å². The van der Waals surface area contributed by atoms with Crippen molar-refractivity contribution in [3.63, 3.8) is 0 Å². The van der Waals surface area contributed by atoms with Crippen molar-refractivity contribution in [2.24, 2.45) is 56.7 Å². The van der Waals surface area contributed by atoms with Crippen LogP contribution < -0.4 is 0 Å². The smallest absolute Gasteiger partial charge is 0.302 e. The molecule has 0 saturated heterocycles. The van der Waals surface area contributed by atoms with Gasteiger partial charge in [0.2, 0.25) is 0 Å². The summed E-state index contributed by atoms with van der Waals surface area (Å²) >= 11 is 0. The summed E-state index contributed by atoms with van der Waals surface area (Å²) in [4.78, 5) is 11.9. The molecule has 0 N–H and O–H groups in total. The monoisotopic (exact) mass is 468 g/mol. The minimum Gasteiger partial charge on any atom is -0.462 e. The van der Waals surface area contributed by atoms with E-state index >= 15 is 0 Å². The van der Waals surface area contributed by atoms with Crippen LogP contribution in [-0.2, 0) is 9.53 Å². The van der Waals surface area contributed by atoms with Crippen molar-refractivity contribution in [2.75, 3.05) is 0 Å². The van der Waals surface area contributed by atoms with Crippen LogP contribution >= 0.6 is 0 Å². The van der Waals surface area contributed by atoms with E-state index in [-0.39, 0.29) is 17.5 Å². The zero-order valence-corrected chi connectivity index (χ0v) is 23.7. The Bertz CT molecular complexity index is 883.